The van der Waals surface area contributed by atoms with Crippen molar-refractivity contribution in [2.45, 2.75) is 0 Å². The monoisotopic (exact) mass is 362 g/mol. The van der Waals surface area contributed by atoms with Crippen molar-refractivity contribution in [1.29, 1.82) is 0 Å². The summed E-state index contributed by atoms with van der Waals surface area (Å²) in [5.74, 6) is 0. The third-order valence-corrected chi connectivity index (χ3v) is 4.50. The second kappa shape index (κ2) is 8.74. The first-order valence-corrected chi connectivity index (χ1v) is 9.39. The zero-order valence-corrected chi connectivity index (χ0v) is 15.6. The van der Waals surface area contributed by atoms with E-state index in [1.807, 2.05) is 24.3 Å². The van der Waals surface area contributed by atoms with Crippen LogP contribution >= 0.6 is 0 Å². The zero-order chi connectivity index (χ0) is 19.0. The van der Waals surface area contributed by atoms with E-state index in [1.165, 1.54) is 0 Å². The Morgan fingerprint density at radius 1 is 0.321 bits per heavy atom. The second-order valence-corrected chi connectivity index (χ2v) is 6.38. The molecule has 0 bridgehead atoms. The molecule has 0 radical (unpaired) electrons. The van der Waals surface area contributed by atoms with E-state index in [4.69, 9.17) is 0 Å². The molecule has 28 heavy (non-hydrogen) atoms. The summed E-state index contributed by atoms with van der Waals surface area (Å²) in [6.45, 7) is 0. The van der Waals surface area contributed by atoms with Crippen LogP contribution in [0.1, 0.15) is 0 Å². The molecule has 0 amide bonds. The molecule has 0 aliphatic rings. The maximum Gasteiger partial charge on any atom is 0.0456 e. The van der Waals surface area contributed by atoms with Crippen LogP contribution in [-0.4, -0.2) is 0 Å². The van der Waals surface area contributed by atoms with Crippen molar-refractivity contribution in [1.82, 2.24) is 0 Å². The maximum absolute atomic E-state index is 2.19. The van der Waals surface area contributed by atoms with Gasteiger partial charge in [-0.15, -0.1) is 0 Å². The molecule has 0 saturated heterocycles. The molecule has 0 aliphatic heterocycles. The largest absolute Gasteiger partial charge is 0.316 e. The summed E-state index contributed by atoms with van der Waals surface area (Å²) in [6, 6.07) is 41.6. The predicted molar refractivity (Wildman–Crippen MR) is 119 cm³/mol. The fourth-order valence-corrected chi connectivity index (χ4v) is 3.13. The summed E-state index contributed by atoms with van der Waals surface area (Å²) in [6.07, 6.45) is 4.23. The molecule has 0 saturated carbocycles. The summed E-state index contributed by atoms with van der Waals surface area (Å²) < 4.78 is 0. The predicted octanol–water partition coefficient (Wildman–Crippen LogP) is 7.13. The van der Waals surface area contributed by atoms with Crippen LogP contribution in [0.3, 0.4) is 0 Å². The first-order chi connectivity index (χ1) is 13.9. The van der Waals surface area contributed by atoms with Gasteiger partial charge in [0.05, 0.1) is 0 Å². The van der Waals surface area contributed by atoms with Crippen LogP contribution in [0.5, 0.6) is 0 Å². The van der Waals surface area contributed by atoms with Gasteiger partial charge in [0.1, 0.15) is 0 Å². The molecule has 0 unspecified atom stereocenters. The summed E-state index contributed by atoms with van der Waals surface area (Å²) in [5.41, 5.74) is 4.47. The van der Waals surface area contributed by atoms with Crippen molar-refractivity contribution in [3.05, 3.63) is 134 Å². The number of anilines is 4. The lowest BCUT2D eigenvalue weighted by atomic mass is 10.2. The van der Waals surface area contributed by atoms with E-state index in [0.29, 0.717) is 0 Å². The average molecular weight is 362 g/mol. The van der Waals surface area contributed by atoms with Crippen molar-refractivity contribution >= 4 is 22.7 Å². The molecular formula is C26H22N2. The Balaban J connectivity index is 1.75. The number of hydrogen-bond donors (Lipinski definition) is 0. The maximum atomic E-state index is 2.19. The Bertz CT molecular complexity index is 833. The fourth-order valence-electron chi connectivity index (χ4n) is 3.13. The number of rotatable bonds is 6. The highest BCUT2D eigenvalue weighted by atomic mass is 15.2. The van der Waals surface area contributed by atoms with E-state index in [2.05, 4.69) is 119 Å². The fraction of sp³-hybridized carbons (Fsp3) is 0. The highest BCUT2D eigenvalue weighted by molar-refractivity contribution is 5.69. The van der Waals surface area contributed by atoms with Gasteiger partial charge in [0.2, 0.25) is 0 Å². The summed E-state index contributed by atoms with van der Waals surface area (Å²) in [4.78, 5) is 4.39. The Morgan fingerprint density at radius 2 is 0.536 bits per heavy atom. The normalized spacial score (nSPS) is 10.7. The van der Waals surface area contributed by atoms with Crippen LogP contribution in [0.4, 0.5) is 22.7 Å². The first-order valence-electron chi connectivity index (χ1n) is 9.39. The van der Waals surface area contributed by atoms with Crippen LogP contribution in [0.25, 0.3) is 0 Å². The third-order valence-electron chi connectivity index (χ3n) is 4.50. The minimum atomic E-state index is 1.12. The van der Waals surface area contributed by atoms with Crippen molar-refractivity contribution in [3.63, 3.8) is 0 Å². The van der Waals surface area contributed by atoms with E-state index >= 15 is 0 Å². The Kier molecular flexibility index (Phi) is 5.50. The van der Waals surface area contributed by atoms with Gasteiger partial charge in [-0.3, -0.25) is 0 Å². The van der Waals surface area contributed by atoms with Crippen LogP contribution in [0, 0.1) is 0 Å². The van der Waals surface area contributed by atoms with Crippen LogP contribution in [0.15, 0.2) is 134 Å². The Morgan fingerprint density at radius 3 is 0.750 bits per heavy atom. The number of benzene rings is 4. The standard InChI is InChI=1S/C26H22N2/c1-5-13-23(14-6-1)27(24-15-7-2-8-16-24)21-22-28(25-17-9-3-10-18-25)26-19-11-4-12-20-26/h1-22H/b22-21+. The summed E-state index contributed by atoms with van der Waals surface area (Å²) in [5, 5.41) is 0. The van der Waals surface area contributed by atoms with Gasteiger partial charge in [-0.2, -0.15) is 0 Å². The van der Waals surface area contributed by atoms with E-state index < -0.39 is 0 Å². The SMILES string of the molecule is C(=C\N(c1ccccc1)c1ccccc1)/N(c1ccccc1)c1ccccc1. The topological polar surface area (TPSA) is 6.48 Å². The Labute approximate surface area is 166 Å². The van der Waals surface area contributed by atoms with E-state index in [0.717, 1.165) is 22.7 Å². The van der Waals surface area contributed by atoms with E-state index in [-0.39, 0.29) is 0 Å². The molecular weight excluding hydrogens is 340 g/mol. The quantitative estimate of drug-likeness (QED) is 0.360. The molecule has 2 heteroatoms. The average Bonchev–Trinajstić information content (AvgIpc) is 2.79. The molecule has 0 heterocycles. The van der Waals surface area contributed by atoms with Gasteiger partial charge in [0.15, 0.2) is 0 Å². The van der Waals surface area contributed by atoms with E-state index in [1.54, 1.807) is 0 Å². The highest BCUT2D eigenvalue weighted by Crippen LogP contribution is 2.28. The third kappa shape index (κ3) is 4.13. The number of para-hydroxylation sites is 4. The molecule has 0 spiro atoms. The zero-order valence-electron chi connectivity index (χ0n) is 15.6. The highest BCUT2D eigenvalue weighted by Gasteiger charge is 2.09. The van der Waals surface area contributed by atoms with Gasteiger partial charge in [-0.1, -0.05) is 72.8 Å². The minimum Gasteiger partial charge on any atom is -0.316 e. The van der Waals surface area contributed by atoms with Gasteiger partial charge in [-0.05, 0) is 48.5 Å². The lowest BCUT2D eigenvalue weighted by Crippen LogP contribution is -2.13. The molecule has 4 aromatic carbocycles. The lowest BCUT2D eigenvalue weighted by molar-refractivity contribution is 1.22. The molecule has 0 aromatic heterocycles. The molecule has 4 aromatic rings. The molecule has 136 valence electrons. The van der Waals surface area contributed by atoms with Crippen molar-refractivity contribution in [3.8, 4) is 0 Å². The van der Waals surface area contributed by atoms with Crippen molar-refractivity contribution < 1.29 is 0 Å². The van der Waals surface area contributed by atoms with Crippen molar-refractivity contribution in [2.24, 2.45) is 0 Å². The summed E-state index contributed by atoms with van der Waals surface area (Å²) >= 11 is 0. The lowest BCUT2D eigenvalue weighted by Gasteiger charge is -2.25. The van der Waals surface area contributed by atoms with Gasteiger partial charge >= 0.3 is 0 Å². The molecule has 0 N–H and O–H groups in total. The number of hydrogen-bond acceptors (Lipinski definition) is 2. The van der Waals surface area contributed by atoms with Crippen LogP contribution in [0.2, 0.25) is 0 Å². The number of nitrogens with zero attached hydrogens (tertiary/aromatic N) is 2. The van der Waals surface area contributed by atoms with Gasteiger partial charge in [0, 0.05) is 35.1 Å². The molecule has 0 atom stereocenters. The smallest absolute Gasteiger partial charge is 0.0456 e. The van der Waals surface area contributed by atoms with Crippen molar-refractivity contribution in [2.75, 3.05) is 9.80 Å². The van der Waals surface area contributed by atoms with E-state index in [9.17, 15) is 0 Å². The van der Waals surface area contributed by atoms with Gasteiger partial charge in [0.25, 0.3) is 0 Å². The molecule has 2 nitrogen and oxygen atoms in total. The van der Waals surface area contributed by atoms with Gasteiger partial charge in [-0.25, -0.2) is 0 Å². The molecule has 0 aliphatic carbocycles. The van der Waals surface area contributed by atoms with Crippen LogP contribution < -0.4 is 9.80 Å². The summed E-state index contributed by atoms with van der Waals surface area (Å²) in [7, 11) is 0. The molecule has 4 rings (SSSR count). The Hall–Kier alpha value is -3.78. The second-order valence-electron chi connectivity index (χ2n) is 6.38. The minimum absolute atomic E-state index is 1.12. The van der Waals surface area contributed by atoms with Crippen LogP contribution in [-0.2, 0) is 0 Å². The first kappa shape index (κ1) is 17.6. The van der Waals surface area contributed by atoms with Gasteiger partial charge < -0.3 is 9.80 Å². The molecule has 0 fully saturated rings.